The number of amides is 2. The summed E-state index contributed by atoms with van der Waals surface area (Å²) in [5, 5.41) is 3.48. The quantitative estimate of drug-likeness (QED) is 0.790. The highest BCUT2D eigenvalue weighted by Gasteiger charge is 2.15. The van der Waals surface area contributed by atoms with Crippen molar-refractivity contribution in [1.82, 2.24) is 4.90 Å². The van der Waals surface area contributed by atoms with Crippen molar-refractivity contribution in [2.75, 3.05) is 18.4 Å². The predicted octanol–water partition coefficient (Wildman–Crippen LogP) is 3.51. The average molecular weight is 314 g/mol. The van der Waals surface area contributed by atoms with Crippen LogP contribution in [0.4, 0.5) is 10.5 Å². The van der Waals surface area contributed by atoms with Crippen LogP contribution in [-0.2, 0) is 0 Å². The van der Waals surface area contributed by atoms with Gasteiger partial charge < -0.3 is 16.0 Å². The Hall–Kier alpha value is -1.33. The molecule has 0 radical (unpaired) electrons. The van der Waals surface area contributed by atoms with Gasteiger partial charge in [-0.15, -0.1) is 0 Å². The normalized spacial score (nSPS) is 10.4. The van der Waals surface area contributed by atoms with Crippen molar-refractivity contribution in [2.45, 2.75) is 20.3 Å². The molecular weight excluding hydrogens is 294 g/mol. The average Bonchev–Trinajstić information content (AvgIpc) is 2.36. The summed E-state index contributed by atoms with van der Waals surface area (Å²) >= 11 is 10.7. The van der Waals surface area contributed by atoms with Crippen molar-refractivity contribution < 1.29 is 4.79 Å². The van der Waals surface area contributed by atoms with Gasteiger partial charge in [0.25, 0.3) is 0 Å². The number of halogens is 1. The maximum absolute atomic E-state index is 12.2. The number of nitrogens with two attached hydrogens (primary N) is 1. The van der Waals surface area contributed by atoms with Gasteiger partial charge in [-0.25, -0.2) is 4.79 Å². The Morgan fingerprint density at radius 2 is 2.00 bits per heavy atom. The molecule has 0 unspecified atom stereocenters. The van der Waals surface area contributed by atoms with Crippen LogP contribution in [0.5, 0.6) is 0 Å². The van der Waals surface area contributed by atoms with E-state index in [0.29, 0.717) is 41.1 Å². The third-order valence-corrected chi connectivity index (χ3v) is 3.05. The Morgan fingerprint density at radius 1 is 1.40 bits per heavy atom. The van der Waals surface area contributed by atoms with Crippen LogP contribution in [0.3, 0.4) is 0 Å². The molecule has 0 aliphatic heterocycles. The number of nitrogens with zero attached hydrogens (tertiary/aromatic N) is 1. The number of carbonyl (C=O) groups is 1. The zero-order valence-electron chi connectivity index (χ0n) is 11.7. The molecule has 1 aromatic carbocycles. The van der Waals surface area contributed by atoms with Gasteiger partial charge >= 0.3 is 6.03 Å². The van der Waals surface area contributed by atoms with E-state index in [0.717, 1.165) is 0 Å². The van der Waals surface area contributed by atoms with Crippen LogP contribution in [0.25, 0.3) is 0 Å². The third-order valence-electron chi connectivity index (χ3n) is 2.60. The largest absolute Gasteiger partial charge is 0.393 e. The molecule has 1 aromatic rings. The highest BCUT2D eigenvalue weighted by Crippen LogP contribution is 2.14. The molecule has 110 valence electrons. The van der Waals surface area contributed by atoms with Crippen LogP contribution >= 0.6 is 23.8 Å². The summed E-state index contributed by atoms with van der Waals surface area (Å²) in [6.45, 7) is 5.29. The molecule has 6 heteroatoms. The van der Waals surface area contributed by atoms with Gasteiger partial charge in [0, 0.05) is 30.2 Å². The second-order valence-corrected chi connectivity index (χ2v) is 5.95. The van der Waals surface area contributed by atoms with E-state index in [1.807, 2.05) is 0 Å². The molecule has 3 N–H and O–H groups in total. The van der Waals surface area contributed by atoms with Gasteiger partial charge in [0.15, 0.2) is 0 Å². The molecule has 0 bridgehead atoms. The first kappa shape index (κ1) is 16.7. The topological polar surface area (TPSA) is 58.4 Å². The number of anilines is 1. The lowest BCUT2D eigenvalue weighted by Crippen LogP contribution is -2.39. The summed E-state index contributed by atoms with van der Waals surface area (Å²) in [6, 6.07) is 6.85. The number of benzene rings is 1. The molecule has 0 fully saturated rings. The zero-order valence-corrected chi connectivity index (χ0v) is 13.3. The molecule has 20 heavy (non-hydrogen) atoms. The van der Waals surface area contributed by atoms with E-state index in [2.05, 4.69) is 19.2 Å². The number of thiocarbonyl (C=S) groups is 1. The van der Waals surface area contributed by atoms with Gasteiger partial charge in [-0.3, -0.25) is 0 Å². The first-order valence-corrected chi connectivity index (χ1v) is 7.27. The first-order valence-electron chi connectivity index (χ1n) is 6.48. The highest BCUT2D eigenvalue weighted by atomic mass is 35.5. The molecule has 0 spiro atoms. The second kappa shape index (κ2) is 8.07. The number of rotatable bonds is 6. The minimum Gasteiger partial charge on any atom is -0.393 e. The summed E-state index contributed by atoms with van der Waals surface area (Å²) in [5.74, 6) is 0.373. The van der Waals surface area contributed by atoms with Gasteiger partial charge in [0.1, 0.15) is 0 Å². The summed E-state index contributed by atoms with van der Waals surface area (Å²) in [5.41, 5.74) is 6.21. The van der Waals surface area contributed by atoms with E-state index in [9.17, 15) is 4.79 Å². The SMILES string of the molecule is CC(C)CN(CCC(N)=S)C(=O)Nc1ccc(Cl)cc1. The Kier molecular flexibility index (Phi) is 6.75. The van der Waals surface area contributed by atoms with Crippen molar-refractivity contribution >= 4 is 40.5 Å². The Balaban J connectivity index is 2.66. The molecule has 2 amide bonds. The van der Waals surface area contributed by atoms with Crippen LogP contribution in [0.2, 0.25) is 5.02 Å². The highest BCUT2D eigenvalue weighted by molar-refractivity contribution is 7.80. The van der Waals surface area contributed by atoms with Gasteiger partial charge in [0.2, 0.25) is 0 Å². The fourth-order valence-corrected chi connectivity index (χ4v) is 1.91. The molecule has 0 saturated carbocycles. The van der Waals surface area contributed by atoms with Crippen LogP contribution in [0, 0.1) is 5.92 Å². The summed E-state index contributed by atoms with van der Waals surface area (Å²) < 4.78 is 0. The summed E-state index contributed by atoms with van der Waals surface area (Å²) in [6.07, 6.45) is 0.524. The second-order valence-electron chi connectivity index (χ2n) is 4.99. The van der Waals surface area contributed by atoms with Crippen LogP contribution in [0.1, 0.15) is 20.3 Å². The molecule has 0 saturated heterocycles. The van der Waals surface area contributed by atoms with Gasteiger partial charge in [0.05, 0.1) is 4.99 Å². The van der Waals surface area contributed by atoms with Crippen molar-refractivity contribution in [3.8, 4) is 0 Å². The fraction of sp³-hybridized carbons (Fsp3) is 0.429. The Bertz CT molecular complexity index is 462. The van der Waals surface area contributed by atoms with E-state index in [4.69, 9.17) is 29.6 Å². The van der Waals surface area contributed by atoms with Gasteiger partial charge in [-0.05, 0) is 30.2 Å². The van der Waals surface area contributed by atoms with E-state index >= 15 is 0 Å². The fourth-order valence-electron chi connectivity index (χ4n) is 1.70. The molecule has 0 aliphatic rings. The number of urea groups is 1. The molecule has 1 rings (SSSR count). The molecule has 0 heterocycles. The smallest absolute Gasteiger partial charge is 0.321 e. The monoisotopic (exact) mass is 313 g/mol. The molecular formula is C14H20ClN3OS. The van der Waals surface area contributed by atoms with Crippen LogP contribution in [-0.4, -0.2) is 29.0 Å². The van der Waals surface area contributed by atoms with E-state index < -0.39 is 0 Å². The lowest BCUT2D eigenvalue weighted by Gasteiger charge is -2.24. The van der Waals surface area contributed by atoms with Gasteiger partial charge in [-0.1, -0.05) is 37.7 Å². The van der Waals surface area contributed by atoms with E-state index in [-0.39, 0.29) is 6.03 Å². The molecule has 0 atom stereocenters. The third kappa shape index (κ3) is 6.21. The maximum Gasteiger partial charge on any atom is 0.321 e. The minimum atomic E-state index is -0.155. The van der Waals surface area contributed by atoms with Crippen LogP contribution < -0.4 is 11.1 Å². The zero-order chi connectivity index (χ0) is 15.1. The maximum atomic E-state index is 12.2. The summed E-state index contributed by atoms with van der Waals surface area (Å²) in [4.78, 5) is 14.4. The molecule has 0 aromatic heterocycles. The molecule has 0 aliphatic carbocycles. The van der Waals surface area contributed by atoms with Gasteiger partial charge in [-0.2, -0.15) is 0 Å². The number of hydrogen-bond acceptors (Lipinski definition) is 2. The van der Waals surface area contributed by atoms with Crippen molar-refractivity contribution in [2.24, 2.45) is 11.7 Å². The summed E-state index contributed by atoms with van der Waals surface area (Å²) in [7, 11) is 0. The van der Waals surface area contributed by atoms with Crippen molar-refractivity contribution in [3.63, 3.8) is 0 Å². The molecule has 4 nitrogen and oxygen atoms in total. The number of carbonyl (C=O) groups excluding carboxylic acids is 1. The first-order chi connectivity index (χ1) is 9.38. The Labute approximate surface area is 130 Å². The van der Waals surface area contributed by atoms with Crippen molar-refractivity contribution in [1.29, 1.82) is 0 Å². The van der Waals surface area contributed by atoms with E-state index in [1.165, 1.54) is 0 Å². The minimum absolute atomic E-state index is 0.155. The predicted molar refractivity (Wildman–Crippen MR) is 88.3 cm³/mol. The number of hydrogen-bond donors (Lipinski definition) is 2. The lowest BCUT2D eigenvalue weighted by atomic mass is 10.2. The standard InChI is InChI=1S/C14H20ClN3OS/c1-10(2)9-18(8-7-13(16)20)14(19)17-12-5-3-11(15)4-6-12/h3-6,10H,7-9H2,1-2H3,(H2,16,20)(H,17,19). The van der Waals surface area contributed by atoms with Crippen LogP contribution in [0.15, 0.2) is 24.3 Å². The van der Waals surface area contributed by atoms with E-state index in [1.54, 1.807) is 29.2 Å². The lowest BCUT2D eigenvalue weighted by molar-refractivity contribution is 0.206. The Morgan fingerprint density at radius 3 is 2.50 bits per heavy atom. The number of nitrogens with one attached hydrogen (secondary N) is 1. The van der Waals surface area contributed by atoms with Crippen molar-refractivity contribution in [3.05, 3.63) is 29.3 Å².